The third-order valence-electron chi connectivity index (χ3n) is 3.82. The number of hydrogen-bond donors (Lipinski definition) is 1. The Labute approximate surface area is 118 Å². The predicted molar refractivity (Wildman–Crippen MR) is 74.1 cm³/mol. The zero-order valence-electron chi connectivity index (χ0n) is 11.3. The fraction of sp³-hybridized carbons (Fsp3) is 0.538. The van der Waals surface area contributed by atoms with Crippen LogP contribution in [-0.2, 0) is 14.8 Å². The van der Waals surface area contributed by atoms with Gasteiger partial charge in [-0.3, -0.25) is 0 Å². The molecular formula is C13H18N2O4S. The fourth-order valence-corrected chi connectivity index (χ4v) is 4.50. The summed E-state index contributed by atoms with van der Waals surface area (Å²) in [5.41, 5.74) is 6.12. The second-order valence-electron chi connectivity index (χ2n) is 5.19. The first-order valence-corrected chi connectivity index (χ1v) is 8.04. The van der Waals surface area contributed by atoms with Crippen LogP contribution in [0.3, 0.4) is 0 Å². The number of nitrogens with two attached hydrogens (primary N) is 1. The number of methoxy groups -OCH3 is 1. The van der Waals surface area contributed by atoms with E-state index in [0.29, 0.717) is 24.5 Å². The summed E-state index contributed by atoms with van der Waals surface area (Å²) in [5.74, 6) is 0.318. The van der Waals surface area contributed by atoms with Crippen LogP contribution in [0.2, 0.25) is 0 Å². The van der Waals surface area contributed by atoms with Crippen LogP contribution < -0.4 is 10.5 Å². The van der Waals surface area contributed by atoms with Gasteiger partial charge in [0.05, 0.1) is 19.3 Å². The minimum Gasteiger partial charge on any atom is -0.495 e. The zero-order valence-corrected chi connectivity index (χ0v) is 12.1. The average molecular weight is 298 g/mol. The number of fused-ring (bicyclic) bond motifs is 2. The topological polar surface area (TPSA) is 81.9 Å². The maximum atomic E-state index is 12.8. The summed E-state index contributed by atoms with van der Waals surface area (Å²) in [4.78, 5) is 0.126. The molecule has 20 heavy (non-hydrogen) atoms. The first-order valence-electron chi connectivity index (χ1n) is 6.60. The Bertz CT molecular complexity index is 605. The van der Waals surface area contributed by atoms with Crippen molar-refractivity contribution in [2.45, 2.75) is 29.9 Å². The molecule has 0 spiro atoms. The van der Waals surface area contributed by atoms with Crippen molar-refractivity contribution in [3.8, 4) is 5.75 Å². The first kappa shape index (κ1) is 13.7. The van der Waals surface area contributed by atoms with E-state index in [0.717, 1.165) is 12.8 Å². The van der Waals surface area contributed by atoms with E-state index in [1.165, 1.54) is 17.5 Å². The fourth-order valence-electron chi connectivity index (χ4n) is 2.81. The van der Waals surface area contributed by atoms with E-state index in [1.54, 1.807) is 12.1 Å². The number of nitrogens with zero attached hydrogens (tertiary/aromatic N) is 1. The molecule has 0 saturated carbocycles. The molecule has 2 fully saturated rings. The molecule has 6 nitrogen and oxygen atoms in total. The molecule has 110 valence electrons. The Morgan fingerprint density at radius 3 is 2.55 bits per heavy atom. The number of sulfonamides is 1. The van der Waals surface area contributed by atoms with Crippen LogP contribution in [0.15, 0.2) is 23.1 Å². The lowest BCUT2D eigenvalue weighted by Crippen LogP contribution is -2.45. The maximum absolute atomic E-state index is 12.8. The summed E-state index contributed by atoms with van der Waals surface area (Å²) in [7, 11) is -2.15. The summed E-state index contributed by atoms with van der Waals surface area (Å²) in [6, 6.07) is 4.66. The molecule has 1 aromatic rings. The van der Waals surface area contributed by atoms with Crippen LogP contribution in [0, 0.1) is 0 Å². The third-order valence-corrected chi connectivity index (χ3v) is 5.67. The summed E-state index contributed by atoms with van der Waals surface area (Å²) in [6.07, 6.45) is 1.86. The van der Waals surface area contributed by atoms with Crippen LogP contribution in [0.25, 0.3) is 0 Å². The van der Waals surface area contributed by atoms with Crippen molar-refractivity contribution in [1.29, 1.82) is 0 Å². The normalized spacial score (nSPS) is 26.6. The maximum Gasteiger partial charge on any atom is 0.247 e. The SMILES string of the molecule is COc1ccc(N)cc1S(=O)(=O)N1CC2CCC(C1)O2. The number of hydrogen-bond acceptors (Lipinski definition) is 5. The van der Waals surface area contributed by atoms with E-state index < -0.39 is 10.0 Å². The average Bonchev–Trinajstić information content (AvgIpc) is 2.77. The highest BCUT2D eigenvalue weighted by molar-refractivity contribution is 7.89. The van der Waals surface area contributed by atoms with Gasteiger partial charge in [-0.1, -0.05) is 0 Å². The Kier molecular flexibility index (Phi) is 3.35. The summed E-state index contributed by atoms with van der Waals surface area (Å²) < 4.78 is 37.9. The number of anilines is 1. The van der Waals surface area contributed by atoms with Crippen molar-refractivity contribution in [2.75, 3.05) is 25.9 Å². The zero-order chi connectivity index (χ0) is 14.3. The molecule has 0 aromatic heterocycles. The van der Waals surface area contributed by atoms with Crippen molar-refractivity contribution >= 4 is 15.7 Å². The highest BCUT2D eigenvalue weighted by atomic mass is 32.2. The van der Waals surface area contributed by atoms with Gasteiger partial charge in [0.1, 0.15) is 10.6 Å². The molecular weight excluding hydrogens is 280 g/mol. The van der Waals surface area contributed by atoms with Gasteiger partial charge in [0, 0.05) is 18.8 Å². The smallest absolute Gasteiger partial charge is 0.247 e. The van der Waals surface area contributed by atoms with Gasteiger partial charge < -0.3 is 15.2 Å². The molecule has 2 bridgehead atoms. The van der Waals surface area contributed by atoms with Crippen molar-refractivity contribution in [1.82, 2.24) is 4.31 Å². The molecule has 2 aliphatic heterocycles. The highest BCUT2D eigenvalue weighted by Gasteiger charge is 2.40. The highest BCUT2D eigenvalue weighted by Crippen LogP contribution is 2.33. The first-order chi connectivity index (χ1) is 9.50. The molecule has 1 aromatic carbocycles. The third kappa shape index (κ3) is 2.25. The van der Waals surface area contributed by atoms with Crippen molar-refractivity contribution in [3.05, 3.63) is 18.2 Å². The van der Waals surface area contributed by atoms with Gasteiger partial charge in [0.15, 0.2) is 0 Å². The minimum absolute atomic E-state index is 0.00980. The number of morpholine rings is 1. The van der Waals surface area contributed by atoms with Crippen molar-refractivity contribution in [2.24, 2.45) is 0 Å². The Hall–Kier alpha value is -1.31. The van der Waals surface area contributed by atoms with Crippen LogP contribution in [-0.4, -0.2) is 45.1 Å². The van der Waals surface area contributed by atoms with Gasteiger partial charge in [-0.15, -0.1) is 0 Å². The molecule has 3 rings (SSSR count). The monoisotopic (exact) mass is 298 g/mol. The van der Waals surface area contributed by atoms with E-state index >= 15 is 0 Å². The van der Waals surface area contributed by atoms with Gasteiger partial charge in [-0.2, -0.15) is 4.31 Å². The van der Waals surface area contributed by atoms with Crippen LogP contribution in [0.4, 0.5) is 5.69 Å². The van der Waals surface area contributed by atoms with E-state index in [1.807, 2.05) is 0 Å². The number of benzene rings is 1. The van der Waals surface area contributed by atoms with Gasteiger partial charge >= 0.3 is 0 Å². The standard InChI is InChI=1S/C13H18N2O4S/c1-18-12-5-2-9(14)6-13(12)20(16,17)15-7-10-3-4-11(8-15)19-10/h2,5-6,10-11H,3-4,7-8,14H2,1H3. The number of nitrogen functional groups attached to an aromatic ring is 1. The lowest BCUT2D eigenvalue weighted by molar-refractivity contribution is -0.0114. The van der Waals surface area contributed by atoms with E-state index in [9.17, 15) is 8.42 Å². The lowest BCUT2D eigenvalue weighted by atomic mass is 10.2. The lowest BCUT2D eigenvalue weighted by Gasteiger charge is -2.31. The molecule has 2 heterocycles. The van der Waals surface area contributed by atoms with E-state index in [2.05, 4.69) is 0 Å². The quantitative estimate of drug-likeness (QED) is 0.836. The van der Waals surface area contributed by atoms with Gasteiger partial charge in [-0.05, 0) is 31.0 Å². The summed E-state index contributed by atoms with van der Waals surface area (Å²) in [6.45, 7) is 0.799. The second-order valence-corrected chi connectivity index (χ2v) is 7.10. The molecule has 0 amide bonds. The summed E-state index contributed by atoms with van der Waals surface area (Å²) >= 11 is 0. The summed E-state index contributed by atoms with van der Waals surface area (Å²) in [5, 5.41) is 0. The molecule has 0 aliphatic carbocycles. The molecule has 2 unspecified atom stereocenters. The molecule has 2 N–H and O–H groups in total. The minimum atomic E-state index is -3.60. The Morgan fingerprint density at radius 2 is 1.95 bits per heavy atom. The van der Waals surface area contributed by atoms with Crippen LogP contribution >= 0.6 is 0 Å². The van der Waals surface area contributed by atoms with E-state index in [4.69, 9.17) is 15.2 Å². The van der Waals surface area contributed by atoms with E-state index in [-0.39, 0.29) is 17.1 Å². The largest absolute Gasteiger partial charge is 0.495 e. The Balaban J connectivity index is 1.97. The van der Waals surface area contributed by atoms with Crippen molar-refractivity contribution < 1.29 is 17.9 Å². The Morgan fingerprint density at radius 1 is 1.30 bits per heavy atom. The molecule has 2 atom stereocenters. The van der Waals surface area contributed by atoms with Crippen LogP contribution in [0.5, 0.6) is 5.75 Å². The van der Waals surface area contributed by atoms with Crippen molar-refractivity contribution in [3.63, 3.8) is 0 Å². The predicted octanol–water partition coefficient (Wildman–Crippen LogP) is 0.829. The molecule has 2 saturated heterocycles. The number of rotatable bonds is 3. The van der Waals surface area contributed by atoms with Crippen LogP contribution in [0.1, 0.15) is 12.8 Å². The second kappa shape index (κ2) is 4.91. The van der Waals surface area contributed by atoms with Gasteiger partial charge in [0.2, 0.25) is 10.0 Å². The van der Waals surface area contributed by atoms with Gasteiger partial charge in [-0.25, -0.2) is 8.42 Å². The molecule has 2 aliphatic rings. The molecule has 7 heteroatoms. The molecule has 0 radical (unpaired) electrons. The van der Waals surface area contributed by atoms with Gasteiger partial charge in [0.25, 0.3) is 0 Å². The number of ether oxygens (including phenoxy) is 2.